The Labute approximate surface area is 185 Å². The van der Waals surface area contributed by atoms with Crippen LogP contribution < -0.4 is 15.5 Å². The van der Waals surface area contributed by atoms with Crippen LogP contribution >= 0.6 is 0 Å². The predicted octanol–water partition coefficient (Wildman–Crippen LogP) is 1.48. The average molecular weight is 468 g/mol. The zero-order chi connectivity index (χ0) is 22.7. The lowest BCUT2D eigenvalue weighted by Gasteiger charge is -2.47. The molecule has 2 amide bonds. The van der Waals surface area contributed by atoms with Gasteiger partial charge >= 0.3 is 0 Å². The molecule has 3 heterocycles. The van der Waals surface area contributed by atoms with Gasteiger partial charge in [-0.1, -0.05) is 0 Å². The molecule has 0 aromatic heterocycles. The van der Waals surface area contributed by atoms with E-state index < -0.39 is 27.4 Å². The summed E-state index contributed by atoms with van der Waals surface area (Å²) in [6.45, 7) is 1.11. The minimum atomic E-state index is -2.95. The van der Waals surface area contributed by atoms with Gasteiger partial charge in [-0.15, -0.1) is 0 Å². The molecular weight excluding hydrogens is 440 g/mol. The van der Waals surface area contributed by atoms with Gasteiger partial charge in [0.05, 0.1) is 17.4 Å². The van der Waals surface area contributed by atoms with Crippen molar-refractivity contribution in [1.82, 2.24) is 10.6 Å². The van der Waals surface area contributed by atoms with Crippen molar-refractivity contribution in [3.63, 3.8) is 0 Å². The summed E-state index contributed by atoms with van der Waals surface area (Å²) < 4.78 is 53.0. The number of hydrogen-bond acceptors (Lipinski definition) is 5. The standard InChI is InChI=1S/C22H27F2N3O4S/c23-17-7-14(16-9-15(26-21(16)29)10-25-20(28)13-1-2-13)8-18(24)19(17)27-5-3-22(4-6-27)11-32(30,31)12-22/h7-8,13,15-16H,1-6,9-12H2,(H,25,28)(H,26,29)/t15?,16-/m0/s1. The van der Waals surface area contributed by atoms with Crippen molar-refractivity contribution >= 4 is 27.3 Å². The number of sulfone groups is 1. The molecule has 3 aliphatic heterocycles. The van der Waals surface area contributed by atoms with Gasteiger partial charge in [-0.2, -0.15) is 0 Å². The number of benzene rings is 1. The Balaban J connectivity index is 1.24. The monoisotopic (exact) mass is 467 g/mol. The molecule has 1 saturated carbocycles. The van der Waals surface area contributed by atoms with Crippen molar-refractivity contribution in [2.75, 3.05) is 36.0 Å². The number of nitrogens with zero attached hydrogens (tertiary/aromatic N) is 1. The van der Waals surface area contributed by atoms with E-state index in [4.69, 9.17) is 0 Å². The Kier molecular flexibility index (Phi) is 5.18. The molecular formula is C22H27F2N3O4S. The van der Waals surface area contributed by atoms with E-state index in [0.717, 1.165) is 12.8 Å². The maximum atomic E-state index is 15.0. The molecule has 4 aliphatic rings. The third-order valence-electron chi connectivity index (χ3n) is 7.29. The highest BCUT2D eigenvalue weighted by Gasteiger charge is 2.50. The first kappa shape index (κ1) is 21.6. The molecule has 0 radical (unpaired) electrons. The molecule has 2 N–H and O–H groups in total. The van der Waals surface area contributed by atoms with Crippen LogP contribution in [0.4, 0.5) is 14.5 Å². The number of nitrogens with one attached hydrogen (secondary N) is 2. The minimum Gasteiger partial charge on any atom is -0.367 e. The van der Waals surface area contributed by atoms with E-state index in [9.17, 15) is 26.8 Å². The molecule has 1 unspecified atom stereocenters. The molecule has 174 valence electrons. The second-order valence-electron chi connectivity index (χ2n) is 9.87. The summed E-state index contributed by atoms with van der Waals surface area (Å²) in [4.78, 5) is 25.9. The molecule has 5 rings (SSSR count). The summed E-state index contributed by atoms with van der Waals surface area (Å²) in [5, 5.41) is 5.63. The maximum absolute atomic E-state index is 15.0. The minimum absolute atomic E-state index is 0.00745. The summed E-state index contributed by atoms with van der Waals surface area (Å²) in [5.74, 6) is -1.99. The quantitative estimate of drug-likeness (QED) is 0.684. The van der Waals surface area contributed by atoms with Crippen LogP contribution in [0.25, 0.3) is 0 Å². The highest BCUT2D eigenvalue weighted by atomic mass is 32.2. The lowest BCUT2D eigenvalue weighted by Crippen LogP contribution is -2.54. The van der Waals surface area contributed by atoms with E-state index in [-0.39, 0.29) is 51.9 Å². The van der Waals surface area contributed by atoms with Crippen LogP contribution in [0.2, 0.25) is 0 Å². The average Bonchev–Trinajstić information content (AvgIpc) is 3.48. The molecule has 1 aliphatic carbocycles. The summed E-state index contributed by atoms with van der Waals surface area (Å²) in [6, 6.07) is 2.19. The number of piperidine rings is 1. The smallest absolute Gasteiger partial charge is 0.227 e. The first-order valence-electron chi connectivity index (χ1n) is 11.2. The zero-order valence-electron chi connectivity index (χ0n) is 17.7. The Morgan fingerprint density at radius 1 is 1.16 bits per heavy atom. The van der Waals surface area contributed by atoms with Crippen LogP contribution in [-0.4, -0.2) is 57.4 Å². The van der Waals surface area contributed by atoms with E-state index in [0.29, 0.717) is 38.9 Å². The third-order valence-corrected chi connectivity index (χ3v) is 9.39. The molecule has 0 bridgehead atoms. The molecule has 3 saturated heterocycles. The van der Waals surface area contributed by atoms with E-state index >= 15 is 0 Å². The van der Waals surface area contributed by atoms with Gasteiger partial charge in [0.1, 0.15) is 17.3 Å². The second kappa shape index (κ2) is 7.67. The second-order valence-corrected chi connectivity index (χ2v) is 11.9. The number of hydrogen-bond donors (Lipinski definition) is 2. The summed E-state index contributed by atoms with van der Waals surface area (Å²) >= 11 is 0. The van der Waals surface area contributed by atoms with Crippen LogP contribution in [0.15, 0.2) is 12.1 Å². The SMILES string of the molecule is O=C(NCC1C[C@@H](c2cc(F)c(N3CCC4(CC3)CS(=O)(=O)C4)c(F)c2)C(=O)N1)C1CC1. The number of rotatable bonds is 5. The molecule has 1 spiro atoms. The molecule has 10 heteroatoms. The number of carbonyl (C=O) groups is 2. The highest BCUT2D eigenvalue weighted by Crippen LogP contribution is 2.44. The topological polar surface area (TPSA) is 95.6 Å². The van der Waals surface area contributed by atoms with Crippen molar-refractivity contribution in [3.05, 3.63) is 29.3 Å². The van der Waals surface area contributed by atoms with Crippen LogP contribution in [-0.2, 0) is 19.4 Å². The van der Waals surface area contributed by atoms with Gasteiger partial charge in [-0.3, -0.25) is 9.59 Å². The fourth-order valence-electron chi connectivity index (χ4n) is 5.36. The van der Waals surface area contributed by atoms with Crippen LogP contribution in [0.3, 0.4) is 0 Å². The van der Waals surface area contributed by atoms with Gasteiger partial charge in [0.2, 0.25) is 11.8 Å². The van der Waals surface area contributed by atoms with Crippen molar-refractivity contribution < 1.29 is 26.8 Å². The van der Waals surface area contributed by atoms with E-state index in [1.165, 1.54) is 12.1 Å². The number of carbonyl (C=O) groups excluding carboxylic acids is 2. The molecule has 4 fully saturated rings. The molecule has 7 nitrogen and oxygen atoms in total. The van der Waals surface area contributed by atoms with Crippen molar-refractivity contribution in [3.8, 4) is 0 Å². The van der Waals surface area contributed by atoms with Crippen LogP contribution in [0, 0.1) is 23.0 Å². The zero-order valence-corrected chi connectivity index (χ0v) is 18.5. The Hall–Kier alpha value is -2.23. The van der Waals surface area contributed by atoms with Gasteiger partial charge in [-0.05, 0) is 49.8 Å². The van der Waals surface area contributed by atoms with E-state index in [2.05, 4.69) is 10.6 Å². The highest BCUT2D eigenvalue weighted by molar-refractivity contribution is 7.92. The van der Waals surface area contributed by atoms with Crippen LogP contribution in [0.1, 0.15) is 43.6 Å². The predicted molar refractivity (Wildman–Crippen MR) is 114 cm³/mol. The number of anilines is 1. The summed E-state index contributed by atoms with van der Waals surface area (Å²) in [7, 11) is -2.95. The van der Waals surface area contributed by atoms with E-state index in [1.54, 1.807) is 4.90 Å². The fourth-order valence-corrected chi connectivity index (χ4v) is 7.72. The first-order valence-corrected chi connectivity index (χ1v) is 13.0. The van der Waals surface area contributed by atoms with Gasteiger partial charge in [-0.25, -0.2) is 17.2 Å². The van der Waals surface area contributed by atoms with Gasteiger partial charge < -0.3 is 15.5 Å². The first-order chi connectivity index (χ1) is 15.1. The number of amides is 2. The van der Waals surface area contributed by atoms with Gasteiger partial charge in [0.15, 0.2) is 9.84 Å². The van der Waals surface area contributed by atoms with Gasteiger partial charge in [0, 0.05) is 37.0 Å². The summed E-state index contributed by atoms with van der Waals surface area (Å²) in [6.07, 6.45) is 3.34. The van der Waals surface area contributed by atoms with E-state index in [1.807, 2.05) is 0 Å². The molecule has 1 aromatic carbocycles. The molecule has 2 atom stereocenters. The lowest BCUT2D eigenvalue weighted by atomic mass is 9.81. The van der Waals surface area contributed by atoms with Gasteiger partial charge in [0.25, 0.3) is 0 Å². The van der Waals surface area contributed by atoms with Crippen molar-refractivity contribution in [2.45, 2.75) is 44.1 Å². The molecule has 32 heavy (non-hydrogen) atoms. The number of halogens is 2. The largest absolute Gasteiger partial charge is 0.367 e. The Morgan fingerprint density at radius 3 is 2.34 bits per heavy atom. The molecule has 1 aromatic rings. The van der Waals surface area contributed by atoms with Crippen LogP contribution in [0.5, 0.6) is 0 Å². The third kappa shape index (κ3) is 4.09. The fraction of sp³-hybridized carbons (Fsp3) is 0.636. The van der Waals surface area contributed by atoms with Crippen molar-refractivity contribution in [2.24, 2.45) is 11.3 Å². The lowest BCUT2D eigenvalue weighted by molar-refractivity contribution is -0.123. The Morgan fingerprint density at radius 2 is 1.78 bits per heavy atom. The van der Waals surface area contributed by atoms with Crippen molar-refractivity contribution in [1.29, 1.82) is 0 Å². The normalized spacial score (nSPS) is 28.3. The summed E-state index contributed by atoms with van der Waals surface area (Å²) in [5.41, 5.74) is -0.0676. The Bertz CT molecular complexity index is 1030. The maximum Gasteiger partial charge on any atom is 0.227 e.